The van der Waals surface area contributed by atoms with Crippen molar-refractivity contribution in [1.82, 2.24) is 0 Å². The summed E-state index contributed by atoms with van der Waals surface area (Å²) in [4.78, 5) is 1.17. The second-order valence-electron chi connectivity index (χ2n) is 7.41. The Morgan fingerprint density at radius 1 is 1.27 bits per heavy atom. The number of ether oxygens (including phenoxy) is 1. The monoisotopic (exact) mass is 340 g/mol. The molecule has 1 aromatic carbocycles. The molecule has 0 amide bonds. The molecule has 5 heteroatoms. The maximum absolute atomic E-state index is 10.2. The zero-order chi connectivity index (χ0) is 16.4. The third-order valence-corrected chi connectivity index (χ3v) is 10.2. The number of benzene rings is 1. The molecule has 0 aromatic heterocycles. The number of hydrogen-bond acceptors (Lipinski definition) is 4. The van der Waals surface area contributed by atoms with Gasteiger partial charge in [0.25, 0.3) is 0 Å². The van der Waals surface area contributed by atoms with Crippen LogP contribution >= 0.6 is 11.8 Å². The number of thioether (sulfide) groups is 1. The fourth-order valence-electron chi connectivity index (χ4n) is 2.07. The van der Waals surface area contributed by atoms with E-state index < -0.39 is 14.4 Å². The number of aliphatic hydroxyl groups is 1. The van der Waals surface area contributed by atoms with Gasteiger partial charge in [0.05, 0.1) is 12.7 Å². The smallest absolute Gasteiger partial charge is 0.192 e. The molecule has 1 heterocycles. The van der Waals surface area contributed by atoms with E-state index in [1.165, 1.54) is 4.90 Å². The molecule has 3 atom stereocenters. The maximum atomic E-state index is 10.2. The van der Waals surface area contributed by atoms with Crippen LogP contribution in [0.3, 0.4) is 0 Å². The molecule has 1 N–H and O–H groups in total. The topological polar surface area (TPSA) is 38.7 Å². The molecule has 0 saturated carbocycles. The van der Waals surface area contributed by atoms with Crippen molar-refractivity contribution in [2.75, 3.05) is 6.61 Å². The largest absolute Gasteiger partial charge is 0.414 e. The molecule has 0 spiro atoms. The Morgan fingerprint density at radius 3 is 2.50 bits per heavy atom. The van der Waals surface area contributed by atoms with Crippen LogP contribution in [0.4, 0.5) is 0 Å². The molecule has 3 nitrogen and oxygen atoms in total. The molecular weight excluding hydrogens is 312 g/mol. The molecule has 0 radical (unpaired) electrons. The Hall–Kier alpha value is -0.333. The van der Waals surface area contributed by atoms with Gasteiger partial charge >= 0.3 is 0 Å². The van der Waals surface area contributed by atoms with Crippen LogP contribution in [0.25, 0.3) is 0 Å². The zero-order valence-corrected chi connectivity index (χ0v) is 16.0. The summed E-state index contributed by atoms with van der Waals surface area (Å²) in [5.74, 6) is 0. The molecule has 2 rings (SSSR count). The Bertz CT molecular complexity index is 473. The third-order valence-electron chi connectivity index (χ3n) is 4.62. The summed E-state index contributed by atoms with van der Waals surface area (Å²) in [7, 11) is -1.80. The normalized spacial score (nSPS) is 26.4. The molecule has 1 aliphatic heterocycles. The molecule has 1 aromatic rings. The van der Waals surface area contributed by atoms with Crippen LogP contribution in [0.1, 0.15) is 27.2 Å². The minimum Gasteiger partial charge on any atom is -0.414 e. The van der Waals surface area contributed by atoms with E-state index in [4.69, 9.17) is 9.16 Å². The van der Waals surface area contributed by atoms with Gasteiger partial charge in [-0.1, -0.05) is 50.7 Å². The van der Waals surface area contributed by atoms with E-state index in [1.54, 1.807) is 11.8 Å². The molecule has 0 aliphatic carbocycles. The van der Waals surface area contributed by atoms with Crippen molar-refractivity contribution >= 4 is 20.1 Å². The number of rotatable bonds is 5. The number of aliphatic hydroxyl groups excluding tert-OH is 1. The van der Waals surface area contributed by atoms with Gasteiger partial charge in [-0.2, -0.15) is 0 Å². The van der Waals surface area contributed by atoms with Gasteiger partial charge in [-0.3, -0.25) is 0 Å². The molecule has 22 heavy (non-hydrogen) atoms. The quantitative estimate of drug-likeness (QED) is 0.812. The fraction of sp³-hybridized carbons (Fsp3) is 0.647. The van der Waals surface area contributed by atoms with Gasteiger partial charge in [0.1, 0.15) is 11.5 Å². The van der Waals surface area contributed by atoms with E-state index >= 15 is 0 Å². The van der Waals surface area contributed by atoms with E-state index in [0.717, 1.165) is 0 Å². The Morgan fingerprint density at radius 2 is 1.91 bits per heavy atom. The third kappa shape index (κ3) is 4.58. The van der Waals surface area contributed by atoms with Crippen LogP contribution in [0.15, 0.2) is 35.2 Å². The first kappa shape index (κ1) is 18.0. The van der Waals surface area contributed by atoms with Crippen molar-refractivity contribution in [3.63, 3.8) is 0 Å². The first-order valence-corrected chi connectivity index (χ1v) is 11.7. The zero-order valence-electron chi connectivity index (χ0n) is 14.2. The van der Waals surface area contributed by atoms with E-state index in [2.05, 4.69) is 46.0 Å². The highest BCUT2D eigenvalue weighted by Gasteiger charge is 2.40. The molecule has 1 aliphatic rings. The lowest BCUT2D eigenvalue weighted by atomic mass is 10.2. The Balaban J connectivity index is 1.86. The fourth-order valence-corrected chi connectivity index (χ4v) is 4.20. The lowest BCUT2D eigenvalue weighted by Crippen LogP contribution is -2.43. The first-order chi connectivity index (χ1) is 10.2. The van der Waals surface area contributed by atoms with Crippen LogP contribution in [0.5, 0.6) is 0 Å². The van der Waals surface area contributed by atoms with Crippen LogP contribution in [-0.2, 0) is 9.16 Å². The number of hydrogen-bond donors (Lipinski definition) is 1. The van der Waals surface area contributed by atoms with Crippen molar-refractivity contribution in [2.45, 2.75) is 67.9 Å². The highest BCUT2D eigenvalue weighted by molar-refractivity contribution is 7.99. The summed E-state index contributed by atoms with van der Waals surface area (Å²) in [5.41, 5.74) is 0.00501. The summed E-state index contributed by atoms with van der Waals surface area (Å²) < 4.78 is 12.2. The van der Waals surface area contributed by atoms with Gasteiger partial charge in [0.2, 0.25) is 0 Å². The van der Waals surface area contributed by atoms with Gasteiger partial charge in [-0.25, -0.2) is 0 Å². The summed E-state index contributed by atoms with van der Waals surface area (Å²) in [5, 5.41) is 10.4. The summed E-state index contributed by atoms with van der Waals surface area (Å²) in [6.07, 6.45) is 0.00627. The molecule has 124 valence electrons. The van der Waals surface area contributed by atoms with Crippen molar-refractivity contribution in [3.8, 4) is 0 Å². The Labute approximate surface area is 139 Å². The second-order valence-corrected chi connectivity index (χ2v) is 13.5. The first-order valence-electron chi connectivity index (χ1n) is 7.88. The van der Waals surface area contributed by atoms with Crippen LogP contribution in [0.2, 0.25) is 18.1 Å². The van der Waals surface area contributed by atoms with Crippen molar-refractivity contribution in [2.24, 2.45) is 0 Å². The van der Waals surface area contributed by atoms with Crippen LogP contribution < -0.4 is 0 Å². The molecule has 0 bridgehead atoms. The standard InChI is InChI=1S/C17H28O3SSi/c1-17(2,3)22(4,5)19-12-15-14(18)11-16(20-15)21-13-9-7-6-8-10-13/h6-10,14-16,18H,11-12H2,1-5H3/t14-,15+,16?/m0/s1. The molecule has 1 saturated heterocycles. The predicted octanol–water partition coefficient (Wildman–Crippen LogP) is 4.28. The average molecular weight is 341 g/mol. The minimum atomic E-state index is -1.80. The average Bonchev–Trinajstić information content (AvgIpc) is 2.76. The SMILES string of the molecule is CC(C)(C)[Si](C)(C)OC[C@H]1OC(Sc2ccccc2)C[C@@H]1O. The van der Waals surface area contributed by atoms with E-state index in [0.29, 0.717) is 13.0 Å². The van der Waals surface area contributed by atoms with Crippen molar-refractivity contribution in [1.29, 1.82) is 0 Å². The lowest BCUT2D eigenvalue weighted by molar-refractivity contribution is 0.000846. The minimum absolute atomic E-state index is 0.00501. The molecule has 1 unspecified atom stereocenters. The van der Waals surface area contributed by atoms with E-state index in [-0.39, 0.29) is 16.6 Å². The van der Waals surface area contributed by atoms with Crippen LogP contribution in [0, 0.1) is 0 Å². The van der Waals surface area contributed by atoms with E-state index in [1.807, 2.05) is 18.2 Å². The van der Waals surface area contributed by atoms with E-state index in [9.17, 15) is 5.11 Å². The van der Waals surface area contributed by atoms with Crippen molar-refractivity contribution < 1.29 is 14.3 Å². The van der Waals surface area contributed by atoms with Gasteiger partial charge in [0.15, 0.2) is 8.32 Å². The van der Waals surface area contributed by atoms with Crippen LogP contribution in [-0.4, -0.2) is 37.7 Å². The predicted molar refractivity (Wildman–Crippen MR) is 94.7 cm³/mol. The highest BCUT2D eigenvalue weighted by Crippen LogP contribution is 2.38. The van der Waals surface area contributed by atoms with Crippen molar-refractivity contribution in [3.05, 3.63) is 30.3 Å². The van der Waals surface area contributed by atoms with Gasteiger partial charge in [-0.05, 0) is 30.3 Å². The summed E-state index contributed by atoms with van der Waals surface area (Å²) in [6.45, 7) is 11.6. The highest BCUT2D eigenvalue weighted by atomic mass is 32.2. The summed E-state index contributed by atoms with van der Waals surface area (Å²) >= 11 is 1.67. The van der Waals surface area contributed by atoms with Gasteiger partial charge in [0, 0.05) is 11.3 Å². The molecular formula is C17H28O3SSi. The molecule has 1 fully saturated rings. The lowest BCUT2D eigenvalue weighted by Gasteiger charge is -2.37. The second kappa shape index (κ2) is 7.05. The summed E-state index contributed by atoms with van der Waals surface area (Å²) in [6, 6.07) is 10.2. The van der Waals surface area contributed by atoms with Gasteiger partial charge < -0.3 is 14.3 Å². The maximum Gasteiger partial charge on any atom is 0.192 e. The Kier molecular flexibility index (Phi) is 5.77. The van der Waals surface area contributed by atoms with Gasteiger partial charge in [-0.15, -0.1) is 0 Å².